The van der Waals surface area contributed by atoms with Crippen LogP contribution in [-0.4, -0.2) is 70.0 Å². The van der Waals surface area contributed by atoms with E-state index < -0.39 is 10.1 Å². The van der Waals surface area contributed by atoms with Gasteiger partial charge >= 0.3 is 0 Å². The highest BCUT2D eigenvalue weighted by Crippen LogP contribution is 2.26. The van der Waals surface area contributed by atoms with Gasteiger partial charge in [-0.2, -0.15) is 8.42 Å². The fraction of sp³-hybridized carbons (Fsp3) is 0.385. The molecule has 1 fully saturated rings. The number of halogens is 1. The molecule has 0 aliphatic carbocycles. The summed E-state index contributed by atoms with van der Waals surface area (Å²) in [6, 6.07) is 2.48. The third-order valence-electron chi connectivity index (χ3n) is 3.62. The first-order valence-corrected chi connectivity index (χ1v) is 9.90. The van der Waals surface area contributed by atoms with Crippen molar-refractivity contribution >= 4 is 48.7 Å². The Morgan fingerprint density at radius 3 is 2.72 bits per heavy atom. The van der Waals surface area contributed by atoms with Crippen molar-refractivity contribution in [1.82, 2.24) is 29.9 Å². The summed E-state index contributed by atoms with van der Waals surface area (Å²) in [5.41, 5.74) is 2.36. The van der Waals surface area contributed by atoms with Crippen molar-refractivity contribution in [3.05, 3.63) is 23.1 Å². The molecule has 0 aromatic carbocycles. The third-order valence-corrected chi connectivity index (χ3v) is 4.06. The Bertz CT molecular complexity index is 1010. The lowest BCUT2D eigenvalue weighted by Crippen LogP contribution is -2.57. The summed E-state index contributed by atoms with van der Waals surface area (Å²) in [5, 5.41) is 11.5. The summed E-state index contributed by atoms with van der Waals surface area (Å²) in [7, 11) is -1.69. The van der Waals surface area contributed by atoms with E-state index in [2.05, 4.69) is 46.3 Å². The second-order valence-corrected chi connectivity index (χ2v) is 7.96. The molecule has 0 bridgehead atoms. The Morgan fingerprint density at radius 1 is 1.40 bits per heavy atom. The Hall–Kier alpha value is -1.89. The number of aromatic nitrogens is 5. The van der Waals surface area contributed by atoms with Crippen LogP contribution in [0, 0.1) is 0 Å². The van der Waals surface area contributed by atoms with Crippen molar-refractivity contribution < 1.29 is 13.0 Å². The van der Waals surface area contributed by atoms with Crippen LogP contribution >= 0.6 is 15.9 Å². The number of nitrogens with one attached hydrogen (secondary N) is 1. The summed E-state index contributed by atoms with van der Waals surface area (Å²) >= 11 is 3.43. The van der Waals surface area contributed by atoms with Crippen LogP contribution in [0.2, 0.25) is 0 Å². The van der Waals surface area contributed by atoms with E-state index in [0.29, 0.717) is 17.9 Å². The first-order chi connectivity index (χ1) is 11.8. The molecule has 2 N–H and O–H groups in total. The van der Waals surface area contributed by atoms with Gasteiger partial charge in [-0.15, -0.1) is 10.2 Å². The SMILES string of the molecule is CNC1CN(c2nc3ncc(Br)cc3n3cnnc23)C1.CS(=O)(=O)O. The lowest BCUT2D eigenvalue weighted by atomic mass is 10.1. The Kier molecular flexibility index (Phi) is 4.86. The van der Waals surface area contributed by atoms with Gasteiger partial charge in [-0.25, -0.2) is 9.97 Å². The molecular weight excluding hydrogens is 414 g/mol. The second-order valence-electron chi connectivity index (χ2n) is 5.58. The first kappa shape index (κ1) is 17.9. The van der Waals surface area contributed by atoms with Gasteiger partial charge in [-0.1, -0.05) is 0 Å². The summed E-state index contributed by atoms with van der Waals surface area (Å²) in [6.07, 6.45) is 4.17. The maximum absolute atomic E-state index is 9.19. The standard InChI is InChI=1S/C12H12BrN7.CH4O3S/c1-14-8-4-19(5-8)11-12-18-16-6-20(12)9-2-7(13)3-15-10(9)17-11;1-5(2,3)4/h2-3,6,8,14H,4-5H2,1H3;1H3,(H,2,3,4). The molecule has 1 aliphatic rings. The predicted molar refractivity (Wildman–Crippen MR) is 96.3 cm³/mol. The Balaban J connectivity index is 0.000000324. The zero-order valence-corrected chi connectivity index (χ0v) is 15.9. The molecule has 25 heavy (non-hydrogen) atoms. The molecule has 10 nitrogen and oxygen atoms in total. The predicted octanol–water partition coefficient (Wildman–Crippen LogP) is 0.347. The molecule has 3 aromatic heterocycles. The molecule has 0 atom stereocenters. The molecule has 0 spiro atoms. The van der Waals surface area contributed by atoms with Crippen LogP contribution in [0.3, 0.4) is 0 Å². The molecule has 12 heteroatoms. The molecule has 1 saturated heterocycles. The number of pyridine rings is 1. The third kappa shape index (κ3) is 4.03. The molecule has 4 rings (SSSR count). The Labute approximate surface area is 152 Å². The maximum atomic E-state index is 9.19. The lowest BCUT2D eigenvalue weighted by Gasteiger charge is -2.39. The van der Waals surface area contributed by atoms with E-state index in [4.69, 9.17) is 4.55 Å². The monoisotopic (exact) mass is 429 g/mol. The molecule has 0 saturated carbocycles. The van der Waals surface area contributed by atoms with Gasteiger partial charge in [0.2, 0.25) is 5.65 Å². The summed E-state index contributed by atoms with van der Waals surface area (Å²) < 4.78 is 28.7. The fourth-order valence-corrected chi connectivity index (χ4v) is 2.76. The van der Waals surface area contributed by atoms with Crippen molar-refractivity contribution in [3.63, 3.8) is 0 Å². The molecule has 4 heterocycles. The van der Waals surface area contributed by atoms with Gasteiger partial charge in [-0.05, 0) is 29.0 Å². The zero-order valence-electron chi connectivity index (χ0n) is 13.5. The smallest absolute Gasteiger partial charge is 0.261 e. The average molecular weight is 430 g/mol. The number of likely N-dealkylation sites (N-methyl/N-ethyl adjacent to an activating group) is 1. The molecule has 0 unspecified atom stereocenters. The number of anilines is 1. The first-order valence-electron chi connectivity index (χ1n) is 7.26. The number of nitrogens with zero attached hydrogens (tertiary/aromatic N) is 6. The number of hydrogen-bond donors (Lipinski definition) is 2. The van der Waals surface area contributed by atoms with E-state index in [1.165, 1.54) is 0 Å². The minimum atomic E-state index is -3.67. The average Bonchev–Trinajstić information content (AvgIpc) is 2.94. The lowest BCUT2D eigenvalue weighted by molar-refractivity contribution is 0.448. The van der Waals surface area contributed by atoms with Crippen LogP contribution in [0.4, 0.5) is 5.82 Å². The fourth-order valence-electron chi connectivity index (χ4n) is 2.45. The van der Waals surface area contributed by atoms with Crippen molar-refractivity contribution in [1.29, 1.82) is 0 Å². The highest BCUT2D eigenvalue weighted by molar-refractivity contribution is 9.10. The normalized spacial score (nSPS) is 15.1. The van der Waals surface area contributed by atoms with E-state index in [1.54, 1.807) is 12.5 Å². The number of hydrogen-bond acceptors (Lipinski definition) is 8. The van der Waals surface area contributed by atoms with Gasteiger partial charge in [0.05, 0.1) is 11.8 Å². The molecule has 1 aliphatic heterocycles. The molecule has 0 amide bonds. The van der Waals surface area contributed by atoms with Crippen LogP contribution in [0.25, 0.3) is 16.8 Å². The number of fused-ring (bicyclic) bond motifs is 3. The molecule has 3 aromatic rings. The van der Waals surface area contributed by atoms with E-state index >= 15 is 0 Å². The Morgan fingerprint density at radius 2 is 2.08 bits per heavy atom. The van der Waals surface area contributed by atoms with Crippen LogP contribution in [0.1, 0.15) is 0 Å². The highest BCUT2D eigenvalue weighted by atomic mass is 79.9. The van der Waals surface area contributed by atoms with E-state index in [0.717, 1.165) is 34.5 Å². The van der Waals surface area contributed by atoms with Crippen molar-refractivity contribution in [2.24, 2.45) is 0 Å². The second kappa shape index (κ2) is 6.78. The molecule has 0 radical (unpaired) electrons. The van der Waals surface area contributed by atoms with Crippen LogP contribution in [0.5, 0.6) is 0 Å². The molecular formula is C13H16BrN7O3S. The van der Waals surface area contributed by atoms with Gasteiger partial charge in [0, 0.05) is 29.8 Å². The zero-order chi connectivity index (χ0) is 18.2. The van der Waals surface area contributed by atoms with Gasteiger partial charge in [0.15, 0.2) is 11.5 Å². The van der Waals surface area contributed by atoms with Crippen molar-refractivity contribution in [2.45, 2.75) is 6.04 Å². The molecule has 134 valence electrons. The van der Waals surface area contributed by atoms with Crippen LogP contribution in [0.15, 0.2) is 23.1 Å². The topological polar surface area (TPSA) is 126 Å². The summed E-state index contributed by atoms with van der Waals surface area (Å²) in [6.45, 7) is 1.85. The minimum absolute atomic E-state index is 0.508. The van der Waals surface area contributed by atoms with E-state index in [1.807, 2.05) is 17.5 Å². The minimum Gasteiger partial charge on any atom is -0.350 e. The van der Waals surface area contributed by atoms with Crippen molar-refractivity contribution in [3.8, 4) is 0 Å². The van der Waals surface area contributed by atoms with E-state index in [-0.39, 0.29) is 0 Å². The van der Waals surface area contributed by atoms with Gasteiger partial charge in [0.1, 0.15) is 6.33 Å². The van der Waals surface area contributed by atoms with E-state index in [9.17, 15) is 8.42 Å². The van der Waals surface area contributed by atoms with Crippen LogP contribution < -0.4 is 10.2 Å². The summed E-state index contributed by atoms with van der Waals surface area (Å²) in [5.74, 6) is 0.844. The largest absolute Gasteiger partial charge is 0.350 e. The summed E-state index contributed by atoms with van der Waals surface area (Å²) in [4.78, 5) is 11.2. The van der Waals surface area contributed by atoms with Gasteiger partial charge < -0.3 is 10.2 Å². The van der Waals surface area contributed by atoms with Crippen LogP contribution in [-0.2, 0) is 10.1 Å². The number of rotatable bonds is 2. The maximum Gasteiger partial charge on any atom is 0.261 e. The van der Waals surface area contributed by atoms with Gasteiger partial charge in [-0.3, -0.25) is 8.95 Å². The van der Waals surface area contributed by atoms with Crippen molar-refractivity contribution in [2.75, 3.05) is 31.3 Å². The van der Waals surface area contributed by atoms with Gasteiger partial charge in [0.25, 0.3) is 10.1 Å². The highest BCUT2D eigenvalue weighted by Gasteiger charge is 2.29. The quantitative estimate of drug-likeness (QED) is 0.554.